The summed E-state index contributed by atoms with van der Waals surface area (Å²) in [5.74, 6) is 3.56. The maximum Gasteiger partial charge on any atom is 0.164 e. The molecule has 7 aromatic carbocycles. The molecule has 2 saturated carbocycles. The lowest BCUT2D eigenvalue weighted by molar-refractivity contribution is 0.419. The smallest absolute Gasteiger partial charge is 0.164 e. The van der Waals surface area contributed by atoms with Gasteiger partial charge in [0.05, 0.1) is 11.4 Å². The first-order chi connectivity index (χ1) is 28.2. The first-order valence-electron chi connectivity index (χ1n) is 20.0. The summed E-state index contributed by atoms with van der Waals surface area (Å²) in [5.41, 5.74) is 9.61. The third kappa shape index (κ3) is 6.07. The highest BCUT2D eigenvalue weighted by molar-refractivity contribution is 5.99. The Labute approximate surface area is 332 Å². The lowest BCUT2D eigenvalue weighted by Crippen LogP contribution is -2.19. The molecule has 0 amide bonds. The Morgan fingerprint density at radius 1 is 0.386 bits per heavy atom. The van der Waals surface area contributed by atoms with Crippen molar-refractivity contribution in [2.24, 2.45) is 5.92 Å². The number of nitrogens with zero attached hydrogens (tertiary/aromatic N) is 5. The molecule has 0 saturated heterocycles. The zero-order chi connectivity index (χ0) is 37.8. The Morgan fingerprint density at radius 3 is 1.75 bits per heavy atom. The minimum Gasteiger partial charge on any atom is -0.228 e. The number of fused-ring (bicyclic) bond motifs is 4. The van der Waals surface area contributed by atoms with E-state index in [2.05, 4.69) is 133 Å². The van der Waals surface area contributed by atoms with E-state index in [4.69, 9.17) is 24.9 Å². The Kier molecular flexibility index (Phi) is 8.06. The molecule has 2 aliphatic carbocycles. The van der Waals surface area contributed by atoms with E-state index in [1.165, 1.54) is 37.7 Å². The van der Waals surface area contributed by atoms with E-state index in [0.29, 0.717) is 22.9 Å². The fourth-order valence-corrected chi connectivity index (χ4v) is 9.47. The molecular weight excluding hydrogens is 695 g/mol. The standard InChI is InChI=1S/C52H39N5/c1-3-13-36(14-4-1)46-32-47(54-49(53-46)39-19-9-20-41(31-39)52-28-26-34(33-52)27-29-52)44-22-11-18-38-30-40(24-25-43(38)44)50-55-48(37-15-5-2-6-16-37)56-51(57-50)45-23-10-17-35-12-7-8-21-42(35)45/h1-25,30-32,34H,26-29,33H2. The third-order valence-corrected chi connectivity index (χ3v) is 12.4. The van der Waals surface area contributed by atoms with Crippen molar-refractivity contribution >= 4 is 21.5 Å². The van der Waals surface area contributed by atoms with E-state index < -0.39 is 0 Å². The van der Waals surface area contributed by atoms with Crippen LogP contribution in [-0.4, -0.2) is 24.9 Å². The lowest BCUT2D eigenvalue weighted by atomic mass is 9.77. The lowest BCUT2D eigenvalue weighted by Gasteiger charge is -2.27. The van der Waals surface area contributed by atoms with Crippen molar-refractivity contribution in [3.63, 3.8) is 0 Å². The van der Waals surface area contributed by atoms with E-state index in [1.54, 1.807) is 0 Å². The van der Waals surface area contributed by atoms with Crippen molar-refractivity contribution in [3.8, 4) is 68.1 Å². The van der Waals surface area contributed by atoms with Crippen LogP contribution in [-0.2, 0) is 5.41 Å². The fraction of sp³-hybridized carbons (Fsp3) is 0.135. The van der Waals surface area contributed by atoms with E-state index in [9.17, 15) is 0 Å². The van der Waals surface area contributed by atoms with Crippen LogP contribution in [0, 0.1) is 5.92 Å². The van der Waals surface area contributed by atoms with Gasteiger partial charge in [-0.05, 0) is 88.7 Å². The molecule has 0 N–H and O–H groups in total. The summed E-state index contributed by atoms with van der Waals surface area (Å²) >= 11 is 0. The summed E-state index contributed by atoms with van der Waals surface area (Å²) in [4.78, 5) is 25.8. The average Bonchev–Trinajstić information content (AvgIpc) is 3.92. The fourth-order valence-electron chi connectivity index (χ4n) is 9.47. The predicted octanol–water partition coefficient (Wildman–Crippen LogP) is 12.8. The van der Waals surface area contributed by atoms with Gasteiger partial charge >= 0.3 is 0 Å². The van der Waals surface area contributed by atoms with Gasteiger partial charge in [0.2, 0.25) is 0 Å². The quantitative estimate of drug-likeness (QED) is 0.163. The molecule has 0 radical (unpaired) electrons. The van der Waals surface area contributed by atoms with E-state index in [1.807, 2.05) is 36.4 Å². The van der Waals surface area contributed by atoms with Crippen molar-refractivity contribution in [1.29, 1.82) is 0 Å². The van der Waals surface area contributed by atoms with Gasteiger partial charge in [-0.15, -0.1) is 0 Å². The molecule has 0 unspecified atom stereocenters. The molecule has 5 heteroatoms. The van der Waals surface area contributed by atoms with Crippen LogP contribution in [0.2, 0.25) is 0 Å². The maximum absolute atomic E-state index is 5.33. The highest BCUT2D eigenvalue weighted by Crippen LogP contribution is 2.55. The molecule has 9 aromatic rings. The molecule has 5 nitrogen and oxygen atoms in total. The van der Waals surface area contributed by atoms with Crippen LogP contribution in [0.5, 0.6) is 0 Å². The molecule has 0 atom stereocenters. The first kappa shape index (κ1) is 33.5. The highest BCUT2D eigenvalue weighted by Gasteiger charge is 2.45. The van der Waals surface area contributed by atoms with Crippen molar-refractivity contribution < 1.29 is 0 Å². The van der Waals surface area contributed by atoms with Gasteiger partial charge in [-0.1, -0.05) is 152 Å². The van der Waals surface area contributed by atoms with Crippen LogP contribution < -0.4 is 0 Å². The second-order valence-corrected chi connectivity index (χ2v) is 15.8. The third-order valence-electron chi connectivity index (χ3n) is 12.4. The summed E-state index contributed by atoms with van der Waals surface area (Å²) < 4.78 is 0. The molecule has 0 aliphatic heterocycles. The second kappa shape index (κ2) is 13.7. The molecule has 2 aromatic heterocycles. The Bertz CT molecular complexity index is 2940. The number of aromatic nitrogens is 5. The minimum absolute atomic E-state index is 0.309. The van der Waals surface area contributed by atoms with Crippen LogP contribution in [0.4, 0.5) is 0 Å². The van der Waals surface area contributed by atoms with E-state index >= 15 is 0 Å². The summed E-state index contributed by atoms with van der Waals surface area (Å²) in [5, 5.41) is 4.44. The summed E-state index contributed by atoms with van der Waals surface area (Å²) in [6.45, 7) is 0. The number of hydrogen-bond donors (Lipinski definition) is 0. The zero-order valence-corrected chi connectivity index (χ0v) is 31.5. The molecule has 272 valence electrons. The topological polar surface area (TPSA) is 64.5 Å². The van der Waals surface area contributed by atoms with Crippen LogP contribution in [0.15, 0.2) is 170 Å². The predicted molar refractivity (Wildman–Crippen MR) is 231 cm³/mol. The van der Waals surface area contributed by atoms with Gasteiger partial charge in [0.1, 0.15) is 0 Å². The number of hydrogen-bond acceptors (Lipinski definition) is 5. The number of benzene rings is 7. The maximum atomic E-state index is 5.33. The van der Waals surface area contributed by atoms with Crippen LogP contribution in [0.25, 0.3) is 89.6 Å². The van der Waals surface area contributed by atoms with Crippen LogP contribution in [0.1, 0.15) is 37.7 Å². The van der Waals surface area contributed by atoms with E-state index in [-0.39, 0.29) is 0 Å². The molecule has 2 aliphatic rings. The Hall–Kier alpha value is -6.85. The molecule has 11 rings (SSSR count). The summed E-state index contributed by atoms with van der Waals surface area (Å²) in [7, 11) is 0. The van der Waals surface area contributed by atoms with Gasteiger partial charge in [0, 0.05) is 33.4 Å². The van der Waals surface area contributed by atoms with Crippen molar-refractivity contribution in [3.05, 3.63) is 175 Å². The zero-order valence-electron chi connectivity index (χ0n) is 31.5. The monoisotopic (exact) mass is 733 g/mol. The molecule has 2 bridgehead atoms. The van der Waals surface area contributed by atoms with Gasteiger partial charge in [0.25, 0.3) is 0 Å². The van der Waals surface area contributed by atoms with Gasteiger partial charge in [-0.2, -0.15) is 0 Å². The summed E-state index contributed by atoms with van der Waals surface area (Å²) in [6.07, 6.45) is 6.59. The Morgan fingerprint density at radius 2 is 0.965 bits per heavy atom. The highest BCUT2D eigenvalue weighted by atomic mass is 15.0. The van der Waals surface area contributed by atoms with Crippen molar-refractivity contribution in [2.75, 3.05) is 0 Å². The molecule has 57 heavy (non-hydrogen) atoms. The summed E-state index contributed by atoms with van der Waals surface area (Å²) in [6, 6.07) is 59.4. The Balaban J connectivity index is 1.04. The normalized spacial score (nSPS) is 17.4. The van der Waals surface area contributed by atoms with Gasteiger partial charge in [-0.3, -0.25) is 0 Å². The minimum atomic E-state index is 0.309. The SMILES string of the molecule is c1ccc(-c2cc(-c3cccc4cc(-c5nc(-c6ccccc6)nc(-c6cccc7ccccc67)n5)ccc34)nc(-c3cccc(C45CCC(CC4)C5)c3)n2)cc1. The van der Waals surface area contributed by atoms with Gasteiger partial charge in [0.15, 0.2) is 23.3 Å². The molecule has 2 fully saturated rings. The van der Waals surface area contributed by atoms with Crippen LogP contribution >= 0.6 is 0 Å². The van der Waals surface area contributed by atoms with Gasteiger partial charge in [-0.25, -0.2) is 24.9 Å². The van der Waals surface area contributed by atoms with Crippen molar-refractivity contribution in [1.82, 2.24) is 24.9 Å². The average molecular weight is 734 g/mol. The molecular formula is C52H39N5. The largest absolute Gasteiger partial charge is 0.228 e. The first-order valence-corrected chi connectivity index (χ1v) is 20.0. The second-order valence-electron chi connectivity index (χ2n) is 15.8. The molecule has 0 spiro atoms. The van der Waals surface area contributed by atoms with Gasteiger partial charge < -0.3 is 0 Å². The molecule has 2 heterocycles. The van der Waals surface area contributed by atoms with E-state index in [0.717, 1.165) is 78.1 Å². The number of rotatable bonds is 7. The van der Waals surface area contributed by atoms with Crippen LogP contribution in [0.3, 0.4) is 0 Å². The van der Waals surface area contributed by atoms with Crippen molar-refractivity contribution in [2.45, 2.75) is 37.5 Å².